The van der Waals surface area contributed by atoms with Crippen LogP contribution in [0.1, 0.15) is 5.82 Å². The molecule has 1 heterocycles. The van der Waals surface area contributed by atoms with Gasteiger partial charge in [0.05, 0.1) is 27.3 Å². The lowest BCUT2D eigenvalue weighted by atomic mass is 10.6. The van der Waals surface area contributed by atoms with Crippen LogP contribution in [0.25, 0.3) is 0 Å². The average Bonchev–Trinajstić information content (AvgIpc) is 2.11. The van der Waals surface area contributed by atoms with E-state index in [4.69, 9.17) is 0 Å². The number of nitrogens with zero attached hydrogens (tertiary/aromatic N) is 2. The van der Waals surface area contributed by atoms with Gasteiger partial charge in [-0.3, -0.25) is 4.48 Å². The molecule has 0 saturated carbocycles. The average molecular weight is 140 g/mol. The number of hydrogen-bond donors (Lipinski definition) is 1. The SMILES string of the molecule is Cc1nc([N+](C)(C)C)c[nH]1. The minimum Gasteiger partial charge on any atom is -0.344 e. The number of rotatable bonds is 1. The number of quaternary nitrogens is 1. The Labute approximate surface area is 61.3 Å². The molecule has 0 bridgehead atoms. The van der Waals surface area contributed by atoms with Crippen LogP contribution in [0.15, 0.2) is 6.20 Å². The van der Waals surface area contributed by atoms with Gasteiger partial charge in [0.15, 0.2) is 0 Å². The second-order valence-electron chi connectivity index (χ2n) is 3.36. The fraction of sp³-hybridized carbons (Fsp3) is 0.571. The number of aryl methyl sites for hydroxylation is 1. The highest BCUT2D eigenvalue weighted by Crippen LogP contribution is 2.11. The summed E-state index contributed by atoms with van der Waals surface area (Å²) >= 11 is 0. The first kappa shape index (κ1) is 7.28. The largest absolute Gasteiger partial charge is 0.344 e. The van der Waals surface area contributed by atoms with E-state index in [0.717, 1.165) is 16.1 Å². The van der Waals surface area contributed by atoms with Gasteiger partial charge in [0.1, 0.15) is 5.82 Å². The van der Waals surface area contributed by atoms with Crippen LogP contribution in [-0.4, -0.2) is 31.1 Å². The maximum atomic E-state index is 4.30. The van der Waals surface area contributed by atoms with E-state index < -0.39 is 0 Å². The number of aromatic nitrogens is 2. The first-order chi connectivity index (χ1) is 4.50. The number of H-pyrrole nitrogens is 1. The fourth-order valence-corrected chi connectivity index (χ4v) is 0.749. The van der Waals surface area contributed by atoms with Crippen LogP contribution in [0.3, 0.4) is 0 Å². The summed E-state index contributed by atoms with van der Waals surface area (Å²) in [4.78, 5) is 7.35. The van der Waals surface area contributed by atoms with Gasteiger partial charge < -0.3 is 4.98 Å². The summed E-state index contributed by atoms with van der Waals surface area (Å²) < 4.78 is 0.768. The molecule has 1 aromatic rings. The molecule has 0 atom stereocenters. The Hall–Kier alpha value is -0.830. The molecule has 0 aliphatic rings. The molecule has 1 rings (SSSR count). The van der Waals surface area contributed by atoms with Gasteiger partial charge in [-0.2, -0.15) is 4.98 Å². The number of imidazole rings is 1. The summed E-state index contributed by atoms with van der Waals surface area (Å²) in [5.74, 6) is 2.04. The maximum absolute atomic E-state index is 4.30. The molecule has 0 amide bonds. The van der Waals surface area contributed by atoms with Crippen molar-refractivity contribution in [2.75, 3.05) is 21.1 Å². The molecule has 56 valence electrons. The third-order valence-electron chi connectivity index (χ3n) is 1.38. The molecule has 0 aliphatic carbocycles. The fourth-order valence-electron chi connectivity index (χ4n) is 0.749. The summed E-state index contributed by atoms with van der Waals surface area (Å²) in [5, 5.41) is 0. The van der Waals surface area contributed by atoms with E-state index in [0.29, 0.717) is 0 Å². The van der Waals surface area contributed by atoms with Crippen LogP contribution < -0.4 is 4.48 Å². The molecule has 3 heteroatoms. The molecule has 0 radical (unpaired) electrons. The number of nitrogens with one attached hydrogen (secondary N) is 1. The molecule has 0 saturated heterocycles. The quantitative estimate of drug-likeness (QED) is 0.577. The monoisotopic (exact) mass is 140 g/mol. The number of hydrogen-bond acceptors (Lipinski definition) is 1. The minimum atomic E-state index is 0.768. The van der Waals surface area contributed by atoms with Gasteiger partial charge in [-0.25, -0.2) is 0 Å². The van der Waals surface area contributed by atoms with E-state index in [1.54, 1.807) is 0 Å². The highest BCUT2D eigenvalue weighted by molar-refractivity contribution is 5.29. The van der Waals surface area contributed by atoms with E-state index in [1.165, 1.54) is 0 Å². The molecule has 0 fully saturated rings. The Balaban J connectivity index is 2.96. The predicted molar refractivity (Wildman–Crippen MR) is 42.9 cm³/mol. The third kappa shape index (κ3) is 1.36. The van der Waals surface area contributed by atoms with Crippen molar-refractivity contribution in [3.05, 3.63) is 12.0 Å². The van der Waals surface area contributed by atoms with Gasteiger partial charge in [-0.1, -0.05) is 0 Å². The van der Waals surface area contributed by atoms with E-state index in [-0.39, 0.29) is 0 Å². The summed E-state index contributed by atoms with van der Waals surface area (Å²) in [5.41, 5.74) is 0. The molecule has 1 aromatic heterocycles. The summed E-state index contributed by atoms with van der Waals surface area (Å²) in [6.07, 6.45) is 1.94. The van der Waals surface area contributed by atoms with Crippen molar-refractivity contribution in [1.82, 2.24) is 14.5 Å². The summed E-state index contributed by atoms with van der Waals surface area (Å²) in [6.45, 7) is 1.96. The molecule has 1 N–H and O–H groups in total. The zero-order valence-corrected chi connectivity index (χ0v) is 6.97. The van der Waals surface area contributed by atoms with Crippen LogP contribution in [0.4, 0.5) is 5.82 Å². The lowest BCUT2D eigenvalue weighted by Gasteiger charge is -2.19. The van der Waals surface area contributed by atoms with Gasteiger partial charge in [-0.05, 0) is 6.92 Å². The van der Waals surface area contributed by atoms with Crippen molar-refractivity contribution < 1.29 is 0 Å². The van der Waals surface area contributed by atoms with Crippen LogP contribution >= 0.6 is 0 Å². The third-order valence-corrected chi connectivity index (χ3v) is 1.38. The van der Waals surface area contributed by atoms with Gasteiger partial charge in [0, 0.05) is 0 Å². The Morgan fingerprint density at radius 1 is 1.40 bits per heavy atom. The van der Waals surface area contributed by atoms with Gasteiger partial charge in [0.2, 0.25) is 5.82 Å². The Kier molecular flexibility index (Phi) is 1.52. The van der Waals surface area contributed by atoms with E-state index in [2.05, 4.69) is 31.1 Å². The minimum absolute atomic E-state index is 0.768. The first-order valence-electron chi connectivity index (χ1n) is 3.34. The number of aromatic amines is 1. The van der Waals surface area contributed by atoms with Crippen molar-refractivity contribution in [3.8, 4) is 0 Å². The van der Waals surface area contributed by atoms with Gasteiger partial charge >= 0.3 is 0 Å². The van der Waals surface area contributed by atoms with Crippen molar-refractivity contribution >= 4 is 5.82 Å². The Morgan fingerprint density at radius 3 is 2.20 bits per heavy atom. The van der Waals surface area contributed by atoms with Crippen LogP contribution in [0.2, 0.25) is 0 Å². The Morgan fingerprint density at radius 2 is 2.00 bits per heavy atom. The molecule has 3 nitrogen and oxygen atoms in total. The highest BCUT2D eigenvalue weighted by atomic mass is 15.3. The normalized spacial score (nSPS) is 12.0. The lowest BCUT2D eigenvalue weighted by molar-refractivity contribution is 0.474. The standard InChI is InChI=1S/C7H14N3/c1-6-8-5-7(9-6)10(2,3)4/h5H,1-4H3,(H,8,9)/q+1. The predicted octanol–water partition coefficient (Wildman–Crippen LogP) is 0.915. The second kappa shape index (κ2) is 2.09. The van der Waals surface area contributed by atoms with Crippen LogP contribution in [0, 0.1) is 6.92 Å². The van der Waals surface area contributed by atoms with E-state index >= 15 is 0 Å². The van der Waals surface area contributed by atoms with Crippen LogP contribution in [0.5, 0.6) is 0 Å². The zero-order valence-electron chi connectivity index (χ0n) is 6.97. The summed E-state index contributed by atoms with van der Waals surface area (Å²) in [7, 11) is 6.28. The molecule has 10 heavy (non-hydrogen) atoms. The van der Waals surface area contributed by atoms with Gasteiger partial charge in [0.25, 0.3) is 0 Å². The van der Waals surface area contributed by atoms with Crippen LogP contribution in [-0.2, 0) is 0 Å². The van der Waals surface area contributed by atoms with E-state index in [1.807, 2.05) is 13.1 Å². The summed E-state index contributed by atoms with van der Waals surface area (Å²) in [6, 6.07) is 0. The molecular weight excluding hydrogens is 126 g/mol. The first-order valence-corrected chi connectivity index (χ1v) is 3.34. The second-order valence-corrected chi connectivity index (χ2v) is 3.36. The lowest BCUT2D eigenvalue weighted by Crippen LogP contribution is -2.35. The smallest absolute Gasteiger partial charge is 0.245 e. The van der Waals surface area contributed by atoms with Crippen molar-refractivity contribution in [1.29, 1.82) is 0 Å². The van der Waals surface area contributed by atoms with Crippen molar-refractivity contribution in [2.45, 2.75) is 6.92 Å². The van der Waals surface area contributed by atoms with Crippen molar-refractivity contribution in [3.63, 3.8) is 0 Å². The molecule has 0 unspecified atom stereocenters. The zero-order chi connectivity index (χ0) is 7.78. The molecule has 0 aliphatic heterocycles. The topological polar surface area (TPSA) is 28.7 Å². The van der Waals surface area contributed by atoms with Gasteiger partial charge in [-0.15, -0.1) is 0 Å². The molecule has 0 aromatic carbocycles. The Bertz CT molecular complexity index is 219. The maximum Gasteiger partial charge on any atom is 0.245 e. The van der Waals surface area contributed by atoms with E-state index in [9.17, 15) is 0 Å². The molecule has 0 spiro atoms. The van der Waals surface area contributed by atoms with Crippen molar-refractivity contribution in [2.24, 2.45) is 0 Å². The molecular formula is C7H14N3+. The highest BCUT2D eigenvalue weighted by Gasteiger charge is 2.14.